The lowest BCUT2D eigenvalue weighted by atomic mass is 9.65. The van der Waals surface area contributed by atoms with E-state index in [1.165, 1.54) is 37.3 Å². The number of nitrogens with zero attached hydrogens (tertiary/aromatic N) is 1. The standard InChI is InChI=1S/C19H21Cl2NOS/c1-19(2)13(11-3-5-22(19)6-4-11)9-16(23)18-8-12-7-14(20)15(21)10-17(12)24-18/h7-8,10-11,13H,3-6,9H2,1-2H3/t13-/m1/s1. The van der Waals surface area contributed by atoms with Gasteiger partial charge < -0.3 is 0 Å². The molecule has 0 spiro atoms. The average molecular weight is 382 g/mol. The summed E-state index contributed by atoms with van der Waals surface area (Å²) in [6.45, 7) is 6.98. The van der Waals surface area contributed by atoms with Gasteiger partial charge in [0.05, 0.1) is 14.9 Å². The van der Waals surface area contributed by atoms with Crippen LogP contribution in [0.3, 0.4) is 0 Å². The molecule has 0 N–H and O–H groups in total. The summed E-state index contributed by atoms with van der Waals surface area (Å²) < 4.78 is 1.03. The monoisotopic (exact) mass is 381 g/mol. The van der Waals surface area contributed by atoms with E-state index in [1.807, 2.05) is 18.2 Å². The Morgan fingerprint density at radius 1 is 1.21 bits per heavy atom. The third-order valence-electron chi connectivity index (χ3n) is 6.07. The highest BCUT2D eigenvalue weighted by atomic mass is 35.5. The quantitative estimate of drug-likeness (QED) is 0.616. The first-order valence-electron chi connectivity index (χ1n) is 8.53. The maximum Gasteiger partial charge on any atom is 0.173 e. The van der Waals surface area contributed by atoms with Gasteiger partial charge >= 0.3 is 0 Å². The van der Waals surface area contributed by atoms with Gasteiger partial charge in [0.1, 0.15) is 0 Å². The molecule has 24 heavy (non-hydrogen) atoms. The summed E-state index contributed by atoms with van der Waals surface area (Å²) in [5.74, 6) is 1.40. The molecule has 4 heterocycles. The van der Waals surface area contributed by atoms with Gasteiger partial charge in [-0.2, -0.15) is 0 Å². The molecule has 2 nitrogen and oxygen atoms in total. The topological polar surface area (TPSA) is 20.3 Å². The molecular weight excluding hydrogens is 361 g/mol. The Morgan fingerprint density at radius 3 is 2.54 bits per heavy atom. The van der Waals surface area contributed by atoms with Crippen LogP contribution in [0, 0.1) is 11.8 Å². The molecule has 2 bridgehead atoms. The second-order valence-corrected chi connectivity index (χ2v) is 9.52. The normalized spacial score (nSPS) is 28.4. The number of halogens is 2. The predicted molar refractivity (Wildman–Crippen MR) is 103 cm³/mol. The number of hydrogen-bond donors (Lipinski definition) is 0. The molecule has 3 aliphatic heterocycles. The molecular formula is C19H21Cl2NOS. The molecule has 0 unspecified atom stereocenters. The van der Waals surface area contributed by atoms with Gasteiger partial charge in [0.15, 0.2) is 5.78 Å². The maximum absolute atomic E-state index is 12.9. The fraction of sp³-hybridized carbons (Fsp3) is 0.526. The van der Waals surface area contributed by atoms with E-state index in [0.717, 1.165) is 15.0 Å². The van der Waals surface area contributed by atoms with Gasteiger partial charge in [0.25, 0.3) is 0 Å². The molecule has 0 radical (unpaired) electrons. The Morgan fingerprint density at radius 2 is 1.88 bits per heavy atom. The van der Waals surface area contributed by atoms with Crippen molar-refractivity contribution in [3.8, 4) is 0 Å². The molecule has 1 aromatic heterocycles. The highest BCUT2D eigenvalue weighted by Gasteiger charge is 2.47. The lowest BCUT2D eigenvalue weighted by molar-refractivity contribution is -0.0643. The summed E-state index contributed by atoms with van der Waals surface area (Å²) in [6.07, 6.45) is 3.11. The van der Waals surface area contributed by atoms with E-state index < -0.39 is 0 Å². The van der Waals surface area contributed by atoms with E-state index in [-0.39, 0.29) is 11.3 Å². The Labute approximate surface area is 156 Å². The molecule has 3 fully saturated rings. The number of piperidine rings is 3. The molecule has 128 valence electrons. The highest BCUT2D eigenvalue weighted by Crippen LogP contribution is 2.46. The lowest BCUT2D eigenvalue weighted by Crippen LogP contribution is -2.61. The van der Waals surface area contributed by atoms with Crippen LogP contribution in [-0.2, 0) is 0 Å². The molecule has 1 atom stereocenters. The van der Waals surface area contributed by atoms with Gasteiger partial charge in [-0.05, 0) is 75.2 Å². The molecule has 5 rings (SSSR count). The highest BCUT2D eigenvalue weighted by molar-refractivity contribution is 7.20. The van der Waals surface area contributed by atoms with Crippen LogP contribution >= 0.6 is 34.5 Å². The van der Waals surface area contributed by atoms with Crippen LogP contribution in [0.1, 0.15) is 42.8 Å². The zero-order valence-corrected chi connectivity index (χ0v) is 16.3. The van der Waals surface area contributed by atoms with Crippen LogP contribution in [0.15, 0.2) is 18.2 Å². The summed E-state index contributed by atoms with van der Waals surface area (Å²) >= 11 is 13.7. The maximum atomic E-state index is 12.9. The number of hydrogen-bond acceptors (Lipinski definition) is 3. The number of rotatable bonds is 3. The summed E-state index contributed by atoms with van der Waals surface area (Å²) in [5.41, 5.74) is 0.125. The predicted octanol–water partition coefficient (Wildman–Crippen LogP) is 5.90. The number of benzene rings is 1. The molecule has 3 aliphatic rings. The minimum absolute atomic E-state index is 0.125. The van der Waals surface area contributed by atoms with E-state index >= 15 is 0 Å². The van der Waals surface area contributed by atoms with Crippen molar-refractivity contribution in [2.45, 2.75) is 38.6 Å². The number of carbonyl (C=O) groups excluding carboxylic acids is 1. The molecule has 2 aromatic rings. The SMILES string of the molecule is CC1(C)[C@H](CC(=O)c2cc3cc(Cl)c(Cl)cc3s2)C2CCN1CC2. The largest absolute Gasteiger partial charge is 0.298 e. The molecule has 0 aliphatic carbocycles. The number of Topliss-reactive ketones (excluding diaryl/α,β-unsaturated/α-hetero) is 1. The van der Waals surface area contributed by atoms with Crippen molar-refractivity contribution >= 4 is 50.4 Å². The van der Waals surface area contributed by atoms with Crippen molar-refractivity contribution in [1.29, 1.82) is 0 Å². The Bertz CT molecular complexity index is 766. The first-order chi connectivity index (χ1) is 11.4. The number of thiophene rings is 1. The van der Waals surface area contributed by atoms with E-state index in [2.05, 4.69) is 18.7 Å². The molecule has 0 saturated carbocycles. The Kier molecular flexibility index (Phi) is 4.20. The van der Waals surface area contributed by atoms with Gasteiger partial charge in [0, 0.05) is 16.7 Å². The van der Waals surface area contributed by atoms with Crippen LogP contribution in [-0.4, -0.2) is 29.3 Å². The Hall–Kier alpha value is -0.610. The summed E-state index contributed by atoms with van der Waals surface area (Å²) in [5, 5.41) is 2.09. The van der Waals surface area contributed by atoms with Gasteiger partial charge in [-0.1, -0.05) is 23.2 Å². The Balaban J connectivity index is 1.60. The van der Waals surface area contributed by atoms with Gasteiger partial charge in [-0.25, -0.2) is 0 Å². The fourth-order valence-corrected chi connectivity index (χ4v) is 6.01. The van der Waals surface area contributed by atoms with Crippen molar-refractivity contribution in [3.05, 3.63) is 33.1 Å². The van der Waals surface area contributed by atoms with E-state index in [4.69, 9.17) is 23.2 Å². The zero-order chi connectivity index (χ0) is 17.1. The first-order valence-corrected chi connectivity index (χ1v) is 10.1. The third kappa shape index (κ3) is 2.70. The fourth-order valence-electron chi connectivity index (χ4n) is 4.58. The van der Waals surface area contributed by atoms with Crippen molar-refractivity contribution in [3.63, 3.8) is 0 Å². The number of fused-ring (bicyclic) bond motifs is 4. The van der Waals surface area contributed by atoms with Crippen molar-refractivity contribution in [2.75, 3.05) is 13.1 Å². The second-order valence-electron chi connectivity index (χ2n) is 7.63. The summed E-state index contributed by atoms with van der Waals surface area (Å²) in [7, 11) is 0. The minimum Gasteiger partial charge on any atom is -0.298 e. The van der Waals surface area contributed by atoms with E-state index in [0.29, 0.717) is 28.3 Å². The number of carbonyl (C=O) groups is 1. The van der Waals surface area contributed by atoms with Gasteiger partial charge in [-0.15, -0.1) is 11.3 Å². The lowest BCUT2D eigenvalue weighted by Gasteiger charge is -2.56. The average Bonchev–Trinajstić information content (AvgIpc) is 2.94. The van der Waals surface area contributed by atoms with Crippen LogP contribution in [0.4, 0.5) is 0 Å². The molecule has 5 heteroatoms. The second kappa shape index (κ2) is 5.98. The molecule has 0 amide bonds. The van der Waals surface area contributed by atoms with Gasteiger partial charge in [-0.3, -0.25) is 9.69 Å². The van der Waals surface area contributed by atoms with Crippen molar-refractivity contribution in [1.82, 2.24) is 4.90 Å². The smallest absolute Gasteiger partial charge is 0.173 e. The molecule has 3 saturated heterocycles. The third-order valence-corrected chi connectivity index (χ3v) is 7.93. The molecule has 1 aromatic carbocycles. The summed E-state index contributed by atoms with van der Waals surface area (Å²) in [6, 6.07) is 5.68. The first kappa shape index (κ1) is 16.8. The van der Waals surface area contributed by atoms with Crippen molar-refractivity contribution < 1.29 is 4.79 Å². The summed E-state index contributed by atoms with van der Waals surface area (Å²) in [4.78, 5) is 16.3. The van der Waals surface area contributed by atoms with Crippen molar-refractivity contribution in [2.24, 2.45) is 11.8 Å². The zero-order valence-electron chi connectivity index (χ0n) is 13.9. The minimum atomic E-state index is 0.125. The van der Waals surface area contributed by atoms with E-state index in [9.17, 15) is 4.79 Å². The van der Waals surface area contributed by atoms with Crippen LogP contribution in [0.25, 0.3) is 10.1 Å². The van der Waals surface area contributed by atoms with Crippen LogP contribution in [0.2, 0.25) is 10.0 Å². The van der Waals surface area contributed by atoms with E-state index in [1.54, 1.807) is 0 Å². The van der Waals surface area contributed by atoms with Gasteiger partial charge in [0.2, 0.25) is 0 Å². The van der Waals surface area contributed by atoms with Crippen LogP contribution < -0.4 is 0 Å². The number of ketones is 1. The van der Waals surface area contributed by atoms with Crippen LogP contribution in [0.5, 0.6) is 0 Å².